The summed E-state index contributed by atoms with van der Waals surface area (Å²) in [6, 6.07) is -0.512. The van der Waals surface area contributed by atoms with Gasteiger partial charge < -0.3 is 4.74 Å². The Balaban J connectivity index is 4.49. The van der Waals surface area contributed by atoms with E-state index in [-0.39, 0.29) is 5.97 Å². The van der Waals surface area contributed by atoms with Gasteiger partial charge in [-0.1, -0.05) is 13.8 Å². The number of nitrogens with zero attached hydrogens (tertiary/aromatic N) is 1. The summed E-state index contributed by atoms with van der Waals surface area (Å²) in [6.07, 6.45) is 0.637. The summed E-state index contributed by atoms with van der Waals surface area (Å²) in [5, 5.41) is 2.25. The van der Waals surface area contributed by atoms with Crippen molar-refractivity contribution in [3.05, 3.63) is 0 Å². The van der Waals surface area contributed by atoms with Crippen LogP contribution in [0.2, 0.25) is 0 Å². The molecule has 15 heavy (non-hydrogen) atoms. The molecule has 0 saturated heterocycles. The van der Waals surface area contributed by atoms with Gasteiger partial charge in [0, 0.05) is 0 Å². The first-order valence-electron chi connectivity index (χ1n) is 5.06. The largest absolute Gasteiger partial charge is 0.458 e. The fourth-order valence-electron chi connectivity index (χ4n) is 1.08. The van der Waals surface area contributed by atoms with E-state index in [1.54, 1.807) is 0 Å². The van der Waals surface area contributed by atoms with Crippen molar-refractivity contribution in [3.63, 3.8) is 0 Å². The molecule has 0 unspecified atom stereocenters. The first kappa shape index (κ1) is 14.3. The summed E-state index contributed by atoms with van der Waals surface area (Å²) < 4.78 is 5.23. The molecule has 1 atom stereocenters. The highest BCUT2D eigenvalue weighted by Gasteiger charge is 2.25. The zero-order valence-electron chi connectivity index (χ0n) is 10.0. The predicted octanol–water partition coefficient (Wildman–Crippen LogP) is 2.85. The normalized spacial score (nSPS) is 13.2. The Kier molecular flexibility index (Phi) is 5.69. The Morgan fingerprint density at radius 1 is 1.47 bits per heavy atom. The molecule has 0 aromatic rings. The molecule has 0 amide bonds. The molecule has 3 nitrogen and oxygen atoms in total. The fourth-order valence-corrected chi connectivity index (χ4v) is 1.21. The van der Waals surface area contributed by atoms with Gasteiger partial charge in [-0.2, -0.15) is 0 Å². The number of hydrogen-bond donors (Lipinski definition) is 0. The molecule has 0 saturated carbocycles. The summed E-state index contributed by atoms with van der Waals surface area (Å²) in [5.41, 5.74) is -0.483. The first-order valence-corrected chi connectivity index (χ1v) is 5.47. The maximum Gasteiger partial charge on any atom is 0.332 e. The lowest BCUT2D eigenvalue weighted by Crippen LogP contribution is -2.31. The van der Waals surface area contributed by atoms with Crippen molar-refractivity contribution >= 4 is 23.3 Å². The Morgan fingerprint density at radius 3 is 2.33 bits per heavy atom. The third kappa shape index (κ3) is 7.23. The number of hydrogen-bond acceptors (Lipinski definition) is 4. The summed E-state index contributed by atoms with van der Waals surface area (Å²) in [4.78, 5) is 15.5. The van der Waals surface area contributed by atoms with E-state index >= 15 is 0 Å². The molecule has 0 N–H and O–H groups in total. The monoisotopic (exact) mass is 229 g/mol. The van der Waals surface area contributed by atoms with Crippen LogP contribution in [0.3, 0.4) is 0 Å². The third-order valence-electron chi connectivity index (χ3n) is 1.58. The standard InChI is InChI=1S/C11H19NO2S/c1-8(2)6-9(12-7-15)10(13)14-11(3,4)5/h8-9H,6H2,1-5H3/t9-/m0/s1. The molecule has 86 valence electrons. The summed E-state index contributed by atoms with van der Waals surface area (Å²) >= 11 is 4.52. The first-order chi connectivity index (χ1) is 6.76. The van der Waals surface area contributed by atoms with Gasteiger partial charge in [-0.25, -0.2) is 9.79 Å². The Hall–Kier alpha value is -0.730. The Labute approximate surface area is 96.9 Å². The van der Waals surface area contributed by atoms with E-state index in [1.807, 2.05) is 34.6 Å². The van der Waals surface area contributed by atoms with E-state index in [2.05, 4.69) is 22.4 Å². The molecule has 0 aliphatic heterocycles. The van der Waals surface area contributed by atoms with Crippen LogP contribution in [0.25, 0.3) is 0 Å². The molecule has 4 heteroatoms. The smallest absolute Gasteiger partial charge is 0.332 e. The van der Waals surface area contributed by atoms with Gasteiger partial charge in [0.2, 0.25) is 0 Å². The number of isothiocyanates is 1. The van der Waals surface area contributed by atoms with Crippen molar-refractivity contribution in [2.75, 3.05) is 0 Å². The Morgan fingerprint density at radius 2 is 2.00 bits per heavy atom. The van der Waals surface area contributed by atoms with Crippen LogP contribution >= 0.6 is 12.2 Å². The van der Waals surface area contributed by atoms with Gasteiger partial charge in [0.05, 0.1) is 5.16 Å². The van der Waals surface area contributed by atoms with Crippen LogP contribution in [0.1, 0.15) is 41.0 Å². The summed E-state index contributed by atoms with van der Waals surface area (Å²) in [6.45, 7) is 9.54. The lowest BCUT2D eigenvalue weighted by atomic mass is 10.0. The van der Waals surface area contributed by atoms with E-state index in [0.29, 0.717) is 12.3 Å². The van der Waals surface area contributed by atoms with Crippen LogP contribution in [-0.4, -0.2) is 22.8 Å². The van der Waals surface area contributed by atoms with E-state index in [4.69, 9.17) is 4.74 Å². The molecule has 0 aliphatic carbocycles. The molecule has 0 radical (unpaired) electrons. The molecule has 0 aromatic heterocycles. The SMILES string of the molecule is CC(C)C[C@H](N=C=S)C(=O)OC(C)(C)C. The van der Waals surface area contributed by atoms with Gasteiger partial charge in [0.1, 0.15) is 5.60 Å². The molecule has 0 rings (SSSR count). The van der Waals surface area contributed by atoms with Gasteiger partial charge >= 0.3 is 5.97 Å². The van der Waals surface area contributed by atoms with Gasteiger partial charge in [-0.15, -0.1) is 0 Å². The molecule has 0 aliphatic rings. The number of thiocarbonyl (C=S) groups is 1. The lowest BCUT2D eigenvalue weighted by Gasteiger charge is -2.22. The van der Waals surface area contributed by atoms with Crippen LogP contribution in [-0.2, 0) is 9.53 Å². The second-order valence-corrected chi connectivity index (χ2v) is 5.08. The predicted molar refractivity (Wildman–Crippen MR) is 64.1 cm³/mol. The highest BCUT2D eigenvalue weighted by molar-refractivity contribution is 7.78. The second-order valence-electron chi connectivity index (χ2n) is 4.90. The molecule has 0 spiro atoms. The minimum atomic E-state index is -0.512. The summed E-state index contributed by atoms with van der Waals surface area (Å²) in [5.74, 6) is 0.0446. The molecule has 0 bridgehead atoms. The topological polar surface area (TPSA) is 38.7 Å². The van der Waals surface area contributed by atoms with Crippen molar-refractivity contribution < 1.29 is 9.53 Å². The van der Waals surface area contributed by atoms with Crippen molar-refractivity contribution in [1.29, 1.82) is 0 Å². The third-order valence-corrected chi connectivity index (χ3v) is 1.69. The van der Waals surface area contributed by atoms with E-state index in [0.717, 1.165) is 0 Å². The van der Waals surface area contributed by atoms with Crippen molar-refractivity contribution in [1.82, 2.24) is 0 Å². The van der Waals surface area contributed by atoms with Crippen molar-refractivity contribution in [3.8, 4) is 0 Å². The summed E-state index contributed by atoms with van der Waals surface area (Å²) in [7, 11) is 0. The Bertz CT molecular complexity index is 262. The highest BCUT2D eigenvalue weighted by atomic mass is 32.1. The van der Waals surface area contributed by atoms with Crippen molar-refractivity contribution in [2.45, 2.75) is 52.7 Å². The van der Waals surface area contributed by atoms with Gasteiger partial charge in [-0.05, 0) is 45.3 Å². The zero-order valence-corrected chi connectivity index (χ0v) is 10.9. The van der Waals surface area contributed by atoms with Gasteiger partial charge in [0.25, 0.3) is 0 Å². The van der Waals surface area contributed by atoms with Crippen LogP contribution < -0.4 is 0 Å². The molecular weight excluding hydrogens is 210 g/mol. The maximum absolute atomic E-state index is 11.7. The number of aliphatic imine (C=N–C) groups is 1. The lowest BCUT2D eigenvalue weighted by molar-refractivity contribution is -0.156. The highest BCUT2D eigenvalue weighted by Crippen LogP contribution is 2.14. The zero-order chi connectivity index (χ0) is 12.1. The van der Waals surface area contributed by atoms with Crippen LogP contribution in [0, 0.1) is 5.92 Å². The average Bonchev–Trinajstić information content (AvgIpc) is 1.99. The molecular formula is C11H19NO2S. The number of esters is 1. The molecule has 0 aromatic carbocycles. The number of ether oxygens (including phenoxy) is 1. The van der Waals surface area contributed by atoms with Crippen molar-refractivity contribution in [2.24, 2.45) is 10.9 Å². The average molecular weight is 229 g/mol. The van der Waals surface area contributed by atoms with E-state index in [1.165, 1.54) is 0 Å². The maximum atomic E-state index is 11.7. The van der Waals surface area contributed by atoms with Gasteiger partial charge in [0.15, 0.2) is 6.04 Å². The van der Waals surface area contributed by atoms with E-state index in [9.17, 15) is 4.79 Å². The molecule has 0 fully saturated rings. The van der Waals surface area contributed by atoms with Crippen LogP contribution in [0.5, 0.6) is 0 Å². The van der Waals surface area contributed by atoms with E-state index < -0.39 is 11.6 Å². The van der Waals surface area contributed by atoms with Crippen LogP contribution in [0.4, 0.5) is 0 Å². The fraction of sp³-hybridized carbons (Fsp3) is 0.818. The number of carbonyl (C=O) groups excluding carboxylic acids is 1. The minimum Gasteiger partial charge on any atom is -0.458 e. The quantitative estimate of drug-likeness (QED) is 0.423. The van der Waals surface area contributed by atoms with Crippen LogP contribution in [0.15, 0.2) is 4.99 Å². The number of rotatable bonds is 4. The van der Waals surface area contributed by atoms with Gasteiger partial charge in [-0.3, -0.25) is 0 Å². The second kappa shape index (κ2) is 5.99. The number of carbonyl (C=O) groups is 1. The molecule has 0 heterocycles. The minimum absolute atomic E-state index is 0.325.